The molecule has 0 saturated carbocycles. The molecule has 1 aliphatic heterocycles. The molecular weight excluding hydrogens is 316 g/mol. The number of hydrogen-bond acceptors (Lipinski definition) is 5. The van der Waals surface area contributed by atoms with E-state index in [-0.39, 0.29) is 11.8 Å². The summed E-state index contributed by atoms with van der Waals surface area (Å²) < 4.78 is 5.24. The smallest absolute Gasteiger partial charge is 0.276 e. The summed E-state index contributed by atoms with van der Waals surface area (Å²) in [6.45, 7) is 5.50. The van der Waals surface area contributed by atoms with Gasteiger partial charge >= 0.3 is 0 Å². The van der Waals surface area contributed by atoms with Gasteiger partial charge in [-0.05, 0) is 31.9 Å². The normalized spacial score (nSPS) is 17.1. The monoisotopic (exact) mass is 342 g/mol. The molecule has 1 amide bonds. The quantitative estimate of drug-likeness (QED) is 0.836. The number of pyridine rings is 1. The average molecular weight is 342 g/mol. The van der Waals surface area contributed by atoms with Gasteiger partial charge in [0.05, 0.1) is 0 Å². The highest BCUT2D eigenvalue weighted by Gasteiger charge is 2.30. The molecule has 134 valence electrons. The fraction of sp³-hybridized carbons (Fsp3) is 0.526. The molecule has 1 fully saturated rings. The third-order valence-corrected chi connectivity index (χ3v) is 4.64. The minimum absolute atomic E-state index is 0.0471. The minimum Gasteiger partial charge on any atom is -0.378 e. The van der Waals surface area contributed by atoms with Gasteiger partial charge in [-0.25, -0.2) is 0 Å². The van der Waals surface area contributed by atoms with Crippen LogP contribution in [0.4, 0.5) is 5.69 Å². The molecule has 0 spiro atoms. The molecule has 0 radical (unpaired) electrons. The van der Waals surface area contributed by atoms with Crippen molar-refractivity contribution in [2.75, 3.05) is 32.1 Å². The van der Waals surface area contributed by atoms with Crippen LogP contribution in [0.15, 0.2) is 22.7 Å². The van der Waals surface area contributed by atoms with E-state index in [0.717, 1.165) is 48.6 Å². The maximum Gasteiger partial charge on any atom is 0.276 e. The summed E-state index contributed by atoms with van der Waals surface area (Å²) in [4.78, 5) is 21.3. The summed E-state index contributed by atoms with van der Waals surface area (Å²) in [6, 6.07) is 5.97. The number of nitrogens with zero attached hydrogens (tertiary/aromatic N) is 4. The van der Waals surface area contributed by atoms with Crippen molar-refractivity contribution in [3.05, 3.63) is 41.0 Å². The number of hydrogen-bond donors (Lipinski definition) is 0. The van der Waals surface area contributed by atoms with E-state index in [0.29, 0.717) is 12.2 Å². The average Bonchev–Trinajstić information content (AvgIpc) is 3.23. The van der Waals surface area contributed by atoms with Crippen LogP contribution in [-0.4, -0.2) is 48.1 Å². The van der Waals surface area contributed by atoms with E-state index in [1.807, 2.05) is 25.9 Å². The zero-order chi connectivity index (χ0) is 18.0. The Morgan fingerprint density at radius 3 is 2.88 bits per heavy atom. The molecule has 6 heteroatoms. The van der Waals surface area contributed by atoms with Crippen molar-refractivity contribution >= 4 is 11.6 Å². The molecule has 0 unspecified atom stereocenters. The molecule has 1 aliphatic rings. The number of anilines is 1. The van der Waals surface area contributed by atoms with Crippen LogP contribution in [0, 0.1) is 6.92 Å². The van der Waals surface area contributed by atoms with Gasteiger partial charge in [-0.15, -0.1) is 0 Å². The first-order valence-electron chi connectivity index (χ1n) is 8.88. The van der Waals surface area contributed by atoms with E-state index in [1.165, 1.54) is 0 Å². The fourth-order valence-electron chi connectivity index (χ4n) is 3.27. The number of aromatic nitrogens is 2. The Labute approximate surface area is 148 Å². The molecule has 1 saturated heterocycles. The second-order valence-electron chi connectivity index (χ2n) is 6.95. The first-order chi connectivity index (χ1) is 12.0. The van der Waals surface area contributed by atoms with Crippen molar-refractivity contribution in [3.8, 4) is 0 Å². The predicted molar refractivity (Wildman–Crippen MR) is 97.1 cm³/mol. The van der Waals surface area contributed by atoms with Gasteiger partial charge in [0.15, 0.2) is 5.69 Å². The van der Waals surface area contributed by atoms with Gasteiger partial charge in [0.25, 0.3) is 5.91 Å². The standard InChI is InChI=1S/C19H26N4O2/c1-5-6-16-11-18(21-25-16)19(24)23-8-7-14(12-23)17-10-15(22(3)4)9-13(2)20-17/h9-11,14H,5-8,12H2,1-4H3/t14-/m1/s1. The highest BCUT2D eigenvalue weighted by Crippen LogP contribution is 2.29. The largest absolute Gasteiger partial charge is 0.378 e. The van der Waals surface area contributed by atoms with Crippen LogP contribution in [0.2, 0.25) is 0 Å². The van der Waals surface area contributed by atoms with Crippen LogP contribution in [0.5, 0.6) is 0 Å². The summed E-state index contributed by atoms with van der Waals surface area (Å²) in [5.74, 6) is 0.997. The van der Waals surface area contributed by atoms with E-state index in [1.54, 1.807) is 6.07 Å². The molecule has 0 aromatic carbocycles. The summed E-state index contributed by atoms with van der Waals surface area (Å²) in [7, 11) is 4.06. The molecule has 0 N–H and O–H groups in total. The first-order valence-corrected chi connectivity index (χ1v) is 8.88. The van der Waals surface area contributed by atoms with E-state index in [4.69, 9.17) is 9.51 Å². The number of carbonyl (C=O) groups excluding carboxylic acids is 1. The number of aryl methyl sites for hydroxylation is 2. The Morgan fingerprint density at radius 1 is 1.36 bits per heavy atom. The third-order valence-electron chi connectivity index (χ3n) is 4.64. The van der Waals surface area contributed by atoms with E-state index in [2.05, 4.69) is 29.1 Å². The topological polar surface area (TPSA) is 62.5 Å². The molecule has 6 nitrogen and oxygen atoms in total. The first kappa shape index (κ1) is 17.5. The Kier molecular flexibility index (Phi) is 5.06. The second-order valence-corrected chi connectivity index (χ2v) is 6.95. The summed E-state index contributed by atoms with van der Waals surface area (Å²) in [5, 5.41) is 3.94. The second kappa shape index (κ2) is 7.25. The van der Waals surface area contributed by atoms with Crippen molar-refractivity contribution in [2.45, 2.75) is 39.0 Å². The summed E-state index contributed by atoms with van der Waals surface area (Å²) in [6.07, 6.45) is 2.71. The lowest BCUT2D eigenvalue weighted by Crippen LogP contribution is -2.28. The van der Waals surface area contributed by atoms with Crippen molar-refractivity contribution in [2.24, 2.45) is 0 Å². The van der Waals surface area contributed by atoms with Gasteiger partial charge in [-0.3, -0.25) is 9.78 Å². The Balaban J connectivity index is 1.71. The van der Waals surface area contributed by atoms with Gasteiger partial charge < -0.3 is 14.3 Å². The number of likely N-dealkylation sites (tertiary alicyclic amines) is 1. The zero-order valence-corrected chi connectivity index (χ0v) is 15.5. The third kappa shape index (κ3) is 3.83. The van der Waals surface area contributed by atoms with Crippen molar-refractivity contribution < 1.29 is 9.32 Å². The molecule has 0 bridgehead atoms. The maximum atomic E-state index is 12.7. The Morgan fingerprint density at radius 2 is 2.16 bits per heavy atom. The van der Waals surface area contributed by atoms with Crippen LogP contribution >= 0.6 is 0 Å². The molecule has 3 heterocycles. The predicted octanol–water partition coefficient (Wildman–Crippen LogP) is 3.03. The SMILES string of the molecule is CCCc1cc(C(=O)N2CC[C@@H](c3cc(N(C)C)cc(C)n3)C2)no1. The molecule has 25 heavy (non-hydrogen) atoms. The maximum absolute atomic E-state index is 12.7. The number of rotatable bonds is 5. The van der Waals surface area contributed by atoms with Gasteiger partial charge in [-0.1, -0.05) is 12.1 Å². The van der Waals surface area contributed by atoms with Crippen LogP contribution in [0.25, 0.3) is 0 Å². The van der Waals surface area contributed by atoms with E-state index >= 15 is 0 Å². The summed E-state index contributed by atoms with van der Waals surface area (Å²) >= 11 is 0. The lowest BCUT2D eigenvalue weighted by molar-refractivity contribution is 0.0780. The summed E-state index contributed by atoms with van der Waals surface area (Å²) in [5.41, 5.74) is 3.63. The van der Waals surface area contributed by atoms with Gasteiger partial charge in [0.2, 0.25) is 0 Å². The van der Waals surface area contributed by atoms with Crippen molar-refractivity contribution in [1.82, 2.24) is 15.0 Å². The van der Waals surface area contributed by atoms with Crippen LogP contribution in [0.1, 0.15) is 53.3 Å². The van der Waals surface area contributed by atoms with Gasteiger partial charge in [0.1, 0.15) is 5.76 Å². The molecule has 3 rings (SSSR count). The lowest BCUT2D eigenvalue weighted by atomic mass is 10.0. The molecule has 1 atom stereocenters. The van der Waals surface area contributed by atoms with Gasteiger partial charge in [-0.2, -0.15) is 0 Å². The fourth-order valence-corrected chi connectivity index (χ4v) is 3.27. The highest BCUT2D eigenvalue weighted by molar-refractivity contribution is 5.92. The van der Waals surface area contributed by atoms with E-state index in [9.17, 15) is 4.79 Å². The van der Waals surface area contributed by atoms with Crippen LogP contribution in [0.3, 0.4) is 0 Å². The Hall–Kier alpha value is -2.37. The van der Waals surface area contributed by atoms with Gasteiger partial charge in [0, 0.05) is 62.7 Å². The highest BCUT2D eigenvalue weighted by atomic mass is 16.5. The molecular formula is C19H26N4O2. The van der Waals surface area contributed by atoms with Crippen LogP contribution < -0.4 is 4.90 Å². The van der Waals surface area contributed by atoms with Crippen molar-refractivity contribution in [1.29, 1.82) is 0 Å². The van der Waals surface area contributed by atoms with Crippen LogP contribution in [-0.2, 0) is 6.42 Å². The molecule has 2 aromatic rings. The van der Waals surface area contributed by atoms with E-state index < -0.39 is 0 Å². The minimum atomic E-state index is -0.0471. The van der Waals surface area contributed by atoms with Crippen molar-refractivity contribution in [3.63, 3.8) is 0 Å². The molecule has 2 aromatic heterocycles. The zero-order valence-electron chi connectivity index (χ0n) is 15.5. The number of carbonyl (C=O) groups is 1. The Bertz CT molecular complexity index is 754. The molecule has 0 aliphatic carbocycles. The lowest BCUT2D eigenvalue weighted by Gasteiger charge is -2.18. The number of amides is 1.